The van der Waals surface area contributed by atoms with Crippen molar-refractivity contribution in [2.45, 2.75) is 26.8 Å². The Morgan fingerprint density at radius 1 is 0.875 bits per heavy atom. The lowest BCUT2D eigenvalue weighted by Crippen LogP contribution is -2.26. The van der Waals surface area contributed by atoms with Gasteiger partial charge in [0.25, 0.3) is 5.56 Å². The third kappa shape index (κ3) is 3.34. The number of nitrogens with one attached hydrogen (secondary N) is 1. The first-order valence-corrected chi connectivity index (χ1v) is 10.9. The first kappa shape index (κ1) is 20.0. The summed E-state index contributed by atoms with van der Waals surface area (Å²) in [6, 6.07) is 26.0. The third-order valence-corrected chi connectivity index (χ3v) is 6.07. The van der Waals surface area contributed by atoms with Gasteiger partial charge in [-0.3, -0.25) is 14.3 Å². The predicted octanol–water partition coefficient (Wildman–Crippen LogP) is 6.33. The van der Waals surface area contributed by atoms with E-state index in [1.165, 1.54) is 0 Å². The molecule has 0 spiro atoms. The van der Waals surface area contributed by atoms with Gasteiger partial charge in [0.05, 0.1) is 16.9 Å². The monoisotopic (exact) mass is 419 g/mol. The first-order chi connectivity index (χ1) is 15.5. The highest BCUT2D eigenvalue weighted by Gasteiger charge is 2.18. The Hall–Kier alpha value is -3.92. The number of para-hydroxylation sites is 2. The molecule has 0 bridgehead atoms. The standard InChI is InChI=1S/C28H25N3O/c1-18-10-9-11-21-16-25(31(28(32)26(18)21)22-12-5-4-6-13-22)20(3)30-27-19(2)17-29-24-15-8-7-14-23(24)27/h4-17,20H,1-3H3,(H,29,30)/t20-/m0/s1. The number of fused-ring (bicyclic) bond motifs is 2. The molecule has 1 N–H and O–H groups in total. The summed E-state index contributed by atoms with van der Waals surface area (Å²) in [5, 5.41) is 6.48. The fourth-order valence-electron chi connectivity index (χ4n) is 4.44. The molecule has 0 saturated carbocycles. The van der Waals surface area contributed by atoms with Crippen molar-refractivity contribution < 1.29 is 0 Å². The second-order valence-corrected chi connectivity index (χ2v) is 8.28. The Morgan fingerprint density at radius 3 is 2.44 bits per heavy atom. The minimum atomic E-state index is -0.114. The maximum Gasteiger partial charge on any atom is 0.263 e. The molecule has 32 heavy (non-hydrogen) atoms. The average Bonchev–Trinajstić information content (AvgIpc) is 2.81. The summed E-state index contributed by atoms with van der Waals surface area (Å²) in [4.78, 5) is 18.3. The van der Waals surface area contributed by atoms with Crippen LogP contribution < -0.4 is 10.9 Å². The van der Waals surface area contributed by atoms with Crippen molar-refractivity contribution in [3.8, 4) is 5.69 Å². The molecule has 4 nitrogen and oxygen atoms in total. The van der Waals surface area contributed by atoms with Crippen LogP contribution >= 0.6 is 0 Å². The molecule has 5 rings (SSSR count). The zero-order valence-corrected chi connectivity index (χ0v) is 18.5. The number of benzene rings is 3. The van der Waals surface area contributed by atoms with Crippen molar-refractivity contribution in [2.75, 3.05) is 5.32 Å². The van der Waals surface area contributed by atoms with E-state index in [-0.39, 0.29) is 11.6 Å². The molecule has 0 aliphatic heterocycles. The summed E-state index contributed by atoms with van der Waals surface area (Å²) in [6.07, 6.45) is 1.89. The van der Waals surface area contributed by atoms with Crippen molar-refractivity contribution in [3.63, 3.8) is 0 Å². The number of aromatic nitrogens is 2. The molecule has 0 aliphatic rings. The largest absolute Gasteiger partial charge is 0.376 e. The third-order valence-electron chi connectivity index (χ3n) is 6.07. The van der Waals surface area contributed by atoms with E-state index in [1.54, 1.807) is 0 Å². The zero-order chi connectivity index (χ0) is 22.2. The van der Waals surface area contributed by atoms with Crippen LogP contribution in [0.15, 0.2) is 89.9 Å². The molecule has 1 atom stereocenters. The minimum absolute atomic E-state index is 0.00626. The van der Waals surface area contributed by atoms with Crippen LogP contribution in [-0.2, 0) is 0 Å². The Labute approximate surface area is 187 Å². The van der Waals surface area contributed by atoms with E-state index in [9.17, 15) is 4.79 Å². The highest BCUT2D eigenvalue weighted by atomic mass is 16.1. The topological polar surface area (TPSA) is 46.9 Å². The highest BCUT2D eigenvalue weighted by Crippen LogP contribution is 2.30. The number of hydrogen-bond donors (Lipinski definition) is 1. The van der Waals surface area contributed by atoms with Gasteiger partial charge in [0.1, 0.15) is 0 Å². The molecule has 2 aromatic heterocycles. The van der Waals surface area contributed by atoms with Gasteiger partial charge in [-0.25, -0.2) is 0 Å². The summed E-state index contributed by atoms with van der Waals surface area (Å²) < 4.78 is 1.84. The molecule has 4 heteroatoms. The Balaban J connectivity index is 1.72. The molecular formula is C28H25N3O. The van der Waals surface area contributed by atoms with E-state index >= 15 is 0 Å². The summed E-state index contributed by atoms with van der Waals surface area (Å²) in [5.74, 6) is 0. The van der Waals surface area contributed by atoms with Gasteiger partial charge >= 0.3 is 0 Å². The van der Waals surface area contributed by atoms with E-state index in [0.717, 1.165) is 49.9 Å². The zero-order valence-electron chi connectivity index (χ0n) is 18.5. The van der Waals surface area contributed by atoms with E-state index in [1.807, 2.05) is 84.4 Å². The molecule has 0 fully saturated rings. The Morgan fingerprint density at radius 2 is 1.62 bits per heavy atom. The maximum absolute atomic E-state index is 13.7. The van der Waals surface area contributed by atoms with Gasteiger partial charge in [-0.1, -0.05) is 54.6 Å². The van der Waals surface area contributed by atoms with Gasteiger partial charge in [0.2, 0.25) is 0 Å². The van der Waals surface area contributed by atoms with E-state index in [0.29, 0.717) is 0 Å². The molecular weight excluding hydrogens is 394 g/mol. The SMILES string of the molecule is Cc1cnc2ccccc2c1N[C@@H](C)c1cc2cccc(C)c2c(=O)n1-c1ccccc1. The molecule has 158 valence electrons. The summed E-state index contributed by atoms with van der Waals surface area (Å²) in [6.45, 7) is 6.15. The Kier molecular flexibility index (Phi) is 4.98. The number of pyridine rings is 2. The van der Waals surface area contributed by atoms with Crippen LogP contribution in [0, 0.1) is 13.8 Å². The van der Waals surface area contributed by atoms with Gasteiger partial charge in [-0.15, -0.1) is 0 Å². The van der Waals surface area contributed by atoms with Crippen LogP contribution in [0.3, 0.4) is 0 Å². The lowest BCUT2D eigenvalue weighted by molar-refractivity contribution is 0.777. The molecule has 5 aromatic rings. The van der Waals surface area contributed by atoms with Crippen LogP contribution in [-0.4, -0.2) is 9.55 Å². The Bertz CT molecular complexity index is 1500. The van der Waals surface area contributed by atoms with Crippen LogP contribution in [0.25, 0.3) is 27.4 Å². The quantitative estimate of drug-likeness (QED) is 0.370. The average molecular weight is 420 g/mol. The minimum Gasteiger partial charge on any atom is -0.376 e. The van der Waals surface area contributed by atoms with Crippen LogP contribution in [0.1, 0.15) is 29.8 Å². The van der Waals surface area contributed by atoms with Gasteiger partial charge in [-0.05, 0) is 61.5 Å². The van der Waals surface area contributed by atoms with Gasteiger partial charge < -0.3 is 5.32 Å². The van der Waals surface area contributed by atoms with Crippen LogP contribution in [0.2, 0.25) is 0 Å². The van der Waals surface area contributed by atoms with Crippen molar-refractivity contribution in [2.24, 2.45) is 0 Å². The number of rotatable bonds is 4. The molecule has 0 radical (unpaired) electrons. The first-order valence-electron chi connectivity index (χ1n) is 10.9. The number of nitrogens with zero attached hydrogens (tertiary/aromatic N) is 2. The van der Waals surface area contributed by atoms with Gasteiger partial charge in [0.15, 0.2) is 0 Å². The fraction of sp³-hybridized carbons (Fsp3) is 0.143. The van der Waals surface area contributed by atoms with Crippen LogP contribution in [0.5, 0.6) is 0 Å². The van der Waals surface area contributed by atoms with Crippen molar-refractivity contribution in [1.29, 1.82) is 0 Å². The highest BCUT2D eigenvalue weighted by molar-refractivity contribution is 5.93. The van der Waals surface area contributed by atoms with Gasteiger partial charge in [-0.2, -0.15) is 0 Å². The maximum atomic E-state index is 13.7. The summed E-state index contributed by atoms with van der Waals surface area (Å²) in [7, 11) is 0. The van der Waals surface area contributed by atoms with Crippen molar-refractivity contribution in [1.82, 2.24) is 9.55 Å². The number of anilines is 1. The lowest BCUT2D eigenvalue weighted by Gasteiger charge is -2.23. The summed E-state index contributed by atoms with van der Waals surface area (Å²) >= 11 is 0. The van der Waals surface area contributed by atoms with Crippen molar-refractivity contribution >= 4 is 27.4 Å². The molecule has 3 aromatic carbocycles. The van der Waals surface area contributed by atoms with Crippen molar-refractivity contribution in [3.05, 3.63) is 112 Å². The van der Waals surface area contributed by atoms with E-state index < -0.39 is 0 Å². The second kappa shape index (κ2) is 7.97. The van der Waals surface area contributed by atoms with Crippen LogP contribution in [0.4, 0.5) is 5.69 Å². The second-order valence-electron chi connectivity index (χ2n) is 8.28. The van der Waals surface area contributed by atoms with E-state index in [2.05, 4.69) is 36.3 Å². The number of aryl methyl sites for hydroxylation is 2. The number of hydrogen-bond acceptors (Lipinski definition) is 3. The summed E-state index contributed by atoms with van der Waals surface area (Å²) in [5.41, 5.74) is 5.83. The molecule has 0 saturated heterocycles. The molecule has 0 unspecified atom stereocenters. The molecule has 0 aliphatic carbocycles. The van der Waals surface area contributed by atoms with Gasteiger partial charge in [0, 0.05) is 28.7 Å². The molecule has 2 heterocycles. The lowest BCUT2D eigenvalue weighted by atomic mass is 10.0. The molecule has 0 amide bonds. The smallest absolute Gasteiger partial charge is 0.263 e. The van der Waals surface area contributed by atoms with E-state index in [4.69, 9.17) is 0 Å². The fourth-order valence-corrected chi connectivity index (χ4v) is 4.44. The predicted molar refractivity (Wildman–Crippen MR) is 133 cm³/mol. The normalized spacial score (nSPS) is 12.2.